The summed E-state index contributed by atoms with van der Waals surface area (Å²) in [5.74, 6) is 3.57. The second-order valence-corrected chi connectivity index (χ2v) is 8.08. The third kappa shape index (κ3) is 7.16. The van der Waals surface area contributed by atoms with Gasteiger partial charge in [-0.05, 0) is 60.9 Å². The predicted molar refractivity (Wildman–Crippen MR) is 124 cm³/mol. The van der Waals surface area contributed by atoms with Crippen molar-refractivity contribution in [2.24, 2.45) is 11.8 Å². The van der Waals surface area contributed by atoms with Crippen LogP contribution in [0.5, 0.6) is 17.2 Å². The van der Waals surface area contributed by atoms with Crippen molar-refractivity contribution in [1.29, 1.82) is 0 Å². The van der Waals surface area contributed by atoms with Crippen molar-refractivity contribution >= 4 is 12.6 Å². The molecule has 0 saturated heterocycles. The van der Waals surface area contributed by atoms with Crippen LogP contribution in [0.1, 0.15) is 42.7 Å². The largest absolute Gasteiger partial charge is 0.496 e. The van der Waals surface area contributed by atoms with E-state index in [0.29, 0.717) is 11.8 Å². The van der Waals surface area contributed by atoms with Gasteiger partial charge in [-0.2, -0.15) is 12.6 Å². The summed E-state index contributed by atoms with van der Waals surface area (Å²) < 4.78 is 16.3. The molecule has 0 bridgehead atoms. The number of aliphatic hydroxyl groups excluding tert-OH is 1. The van der Waals surface area contributed by atoms with Crippen LogP contribution in [0.15, 0.2) is 36.4 Å². The highest BCUT2D eigenvalue weighted by atomic mass is 32.1. The number of rotatable bonds is 9. The minimum atomic E-state index is 0.162. The van der Waals surface area contributed by atoms with Crippen molar-refractivity contribution in [3.8, 4) is 17.2 Å². The molecule has 3 unspecified atom stereocenters. The van der Waals surface area contributed by atoms with E-state index in [9.17, 15) is 0 Å². The molecule has 0 heterocycles. The van der Waals surface area contributed by atoms with Gasteiger partial charge in [0, 0.05) is 17.9 Å². The van der Waals surface area contributed by atoms with Crippen LogP contribution in [-0.2, 0) is 12.8 Å². The Labute approximate surface area is 181 Å². The van der Waals surface area contributed by atoms with Crippen molar-refractivity contribution in [1.82, 2.24) is 0 Å². The zero-order valence-electron chi connectivity index (χ0n) is 18.7. The number of aliphatic hydroxyl groups is 1. The fraction of sp³-hybridized carbons (Fsp3) is 0.500. The second-order valence-electron chi connectivity index (χ2n) is 7.30. The third-order valence-electron chi connectivity index (χ3n) is 5.28. The molecule has 0 saturated carbocycles. The van der Waals surface area contributed by atoms with Crippen LogP contribution >= 0.6 is 12.6 Å². The second kappa shape index (κ2) is 12.7. The fourth-order valence-electron chi connectivity index (χ4n) is 3.38. The van der Waals surface area contributed by atoms with Gasteiger partial charge >= 0.3 is 0 Å². The fourth-order valence-corrected chi connectivity index (χ4v) is 3.59. The molecule has 0 fully saturated rings. The summed E-state index contributed by atoms with van der Waals surface area (Å²) in [4.78, 5) is 0. The lowest BCUT2D eigenvalue weighted by Crippen LogP contribution is -2.14. The van der Waals surface area contributed by atoms with Gasteiger partial charge in [0.1, 0.15) is 5.75 Å². The number of thiol groups is 1. The Hall–Kier alpha value is -1.85. The lowest BCUT2D eigenvalue weighted by molar-refractivity contribution is 0.352. The average molecular weight is 421 g/mol. The minimum absolute atomic E-state index is 0.162. The SMILES string of the molecule is CO.COc1ccc(CC(C)C(C)Cc2ccc(C(C)S)c(OC)c2)cc1OC. The van der Waals surface area contributed by atoms with Crippen molar-refractivity contribution in [2.45, 2.75) is 38.9 Å². The maximum absolute atomic E-state index is 7.00. The summed E-state index contributed by atoms with van der Waals surface area (Å²) in [7, 11) is 6.06. The molecular weight excluding hydrogens is 384 g/mol. The lowest BCUT2D eigenvalue weighted by atomic mass is 9.85. The normalized spacial score (nSPS) is 13.6. The van der Waals surface area contributed by atoms with Gasteiger partial charge in [-0.25, -0.2) is 0 Å². The smallest absolute Gasteiger partial charge is 0.160 e. The van der Waals surface area contributed by atoms with Gasteiger partial charge in [0.15, 0.2) is 11.5 Å². The van der Waals surface area contributed by atoms with E-state index in [0.717, 1.165) is 42.8 Å². The quantitative estimate of drug-likeness (QED) is 0.536. The number of ether oxygens (including phenoxy) is 3. The van der Waals surface area contributed by atoms with Gasteiger partial charge in [0.25, 0.3) is 0 Å². The molecule has 0 aliphatic carbocycles. The van der Waals surface area contributed by atoms with Crippen LogP contribution in [0.2, 0.25) is 0 Å². The van der Waals surface area contributed by atoms with Crippen LogP contribution in [-0.4, -0.2) is 33.5 Å². The van der Waals surface area contributed by atoms with Gasteiger partial charge in [0.2, 0.25) is 0 Å². The maximum atomic E-state index is 7.00. The van der Waals surface area contributed by atoms with Crippen LogP contribution < -0.4 is 14.2 Å². The van der Waals surface area contributed by atoms with E-state index in [1.165, 1.54) is 11.1 Å². The van der Waals surface area contributed by atoms with E-state index in [-0.39, 0.29) is 5.25 Å². The Bertz CT molecular complexity index is 746. The van der Waals surface area contributed by atoms with Gasteiger partial charge in [0.05, 0.1) is 21.3 Å². The topological polar surface area (TPSA) is 47.9 Å². The summed E-state index contributed by atoms with van der Waals surface area (Å²) in [5.41, 5.74) is 3.70. The molecule has 0 amide bonds. The Kier molecular flexibility index (Phi) is 11.0. The molecule has 0 radical (unpaired) electrons. The third-order valence-corrected chi connectivity index (χ3v) is 5.56. The standard InChI is InChI=1S/C23H32O3S.CH4O/c1-15(11-18-7-9-20(17(3)27)22(13-18)25-5)16(2)12-19-8-10-21(24-4)23(14-19)26-6;1-2/h7-10,13-17,27H,11-12H2,1-6H3;2H,1H3. The van der Waals surface area contributed by atoms with E-state index < -0.39 is 0 Å². The monoisotopic (exact) mass is 420 g/mol. The first-order valence-corrected chi connectivity index (χ1v) is 10.4. The highest BCUT2D eigenvalue weighted by molar-refractivity contribution is 7.80. The maximum Gasteiger partial charge on any atom is 0.160 e. The molecule has 0 aliphatic heterocycles. The Balaban J connectivity index is 0.00000204. The molecule has 29 heavy (non-hydrogen) atoms. The van der Waals surface area contributed by atoms with E-state index in [2.05, 4.69) is 63.7 Å². The minimum Gasteiger partial charge on any atom is -0.496 e. The highest BCUT2D eigenvalue weighted by Crippen LogP contribution is 2.32. The van der Waals surface area contributed by atoms with Gasteiger partial charge < -0.3 is 19.3 Å². The first kappa shape index (κ1) is 25.2. The molecule has 2 rings (SSSR count). The van der Waals surface area contributed by atoms with E-state index >= 15 is 0 Å². The number of methoxy groups -OCH3 is 3. The first-order valence-electron chi connectivity index (χ1n) is 9.90. The first-order chi connectivity index (χ1) is 13.9. The van der Waals surface area contributed by atoms with Gasteiger partial charge in [-0.1, -0.05) is 32.0 Å². The Morgan fingerprint density at radius 3 is 1.62 bits per heavy atom. The summed E-state index contributed by atoms with van der Waals surface area (Å²) in [6, 6.07) is 12.7. The summed E-state index contributed by atoms with van der Waals surface area (Å²) in [5, 5.41) is 7.16. The van der Waals surface area contributed by atoms with Crippen LogP contribution in [0.25, 0.3) is 0 Å². The molecule has 0 aliphatic rings. The Morgan fingerprint density at radius 2 is 1.17 bits per heavy atom. The molecule has 3 atom stereocenters. The summed E-state index contributed by atoms with van der Waals surface area (Å²) in [6.45, 7) is 6.68. The number of hydrogen-bond donors (Lipinski definition) is 2. The van der Waals surface area contributed by atoms with Crippen molar-refractivity contribution < 1.29 is 19.3 Å². The van der Waals surface area contributed by atoms with Gasteiger partial charge in [-0.15, -0.1) is 0 Å². The molecule has 2 aromatic rings. The average Bonchev–Trinajstić information content (AvgIpc) is 2.74. The van der Waals surface area contributed by atoms with Crippen molar-refractivity contribution in [2.75, 3.05) is 28.4 Å². The molecular formula is C24H36O4S. The van der Waals surface area contributed by atoms with Crippen LogP contribution in [0.3, 0.4) is 0 Å². The van der Waals surface area contributed by atoms with Gasteiger partial charge in [-0.3, -0.25) is 0 Å². The molecule has 162 valence electrons. The zero-order valence-corrected chi connectivity index (χ0v) is 19.6. The summed E-state index contributed by atoms with van der Waals surface area (Å²) in [6.07, 6.45) is 2.02. The molecule has 1 N–H and O–H groups in total. The molecule has 5 heteroatoms. The van der Waals surface area contributed by atoms with Crippen LogP contribution in [0, 0.1) is 11.8 Å². The van der Waals surface area contributed by atoms with Crippen LogP contribution in [0.4, 0.5) is 0 Å². The molecule has 4 nitrogen and oxygen atoms in total. The molecule has 2 aromatic carbocycles. The zero-order chi connectivity index (χ0) is 22.0. The van der Waals surface area contributed by atoms with E-state index in [1.54, 1.807) is 21.3 Å². The van der Waals surface area contributed by atoms with E-state index in [1.807, 2.05) is 6.07 Å². The van der Waals surface area contributed by atoms with Crippen molar-refractivity contribution in [3.05, 3.63) is 53.1 Å². The number of hydrogen-bond acceptors (Lipinski definition) is 5. The molecule has 0 spiro atoms. The van der Waals surface area contributed by atoms with E-state index in [4.69, 9.17) is 19.3 Å². The Morgan fingerprint density at radius 1 is 0.724 bits per heavy atom. The highest BCUT2D eigenvalue weighted by Gasteiger charge is 2.16. The molecule has 0 aromatic heterocycles. The summed E-state index contributed by atoms with van der Waals surface area (Å²) >= 11 is 4.53. The van der Waals surface area contributed by atoms with Crippen molar-refractivity contribution in [3.63, 3.8) is 0 Å². The lowest BCUT2D eigenvalue weighted by Gasteiger charge is -2.21. The predicted octanol–water partition coefficient (Wildman–Crippen LogP) is 5.37. The number of benzene rings is 2.